The van der Waals surface area contributed by atoms with Crippen LogP contribution in [0.5, 0.6) is 0 Å². The molecule has 3 aliphatic rings. The molecule has 1 aromatic carbocycles. The number of amides is 3. The van der Waals surface area contributed by atoms with Crippen molar-refractivity contribution in [3.63, 3.8) is 0 Å². The Hall–Kier alpha value is -2.49. The molecule has 3 saturated heterocycles. The molecule has 158 valence electrons. The molecule has 0 unspecified atom stereocenters. The van der Waals surface area contributed by atoms with Crippen molar-refractivity contribution < 1.29 is 27.5 Å². The van der Waals surface area contributed by atoms with E-state index in [0.29, 0.717) is 38.3 Å². The largest absolute Gasteiger partial charge is 0.416 e. The van der Waals surface area contributed by atoms with Crippen LogP contribution in [-0.4, -0.2) is 79.8 Å². The van der Waals surface area contributed by atoms with Crippen molar-refractivity contribution in [3.05, 3.63) is 29.8 Å². The summed E-state index contributed by atoms with van der Waals surface area (Å²) in [5.74, 6) is -0.164. The minimum Gasteiger partial charge on any atom is -0.368 e. The summed E-state index contributed by atoms with van der Waals surface area (Å²) in [5.41, 5.74) is 0.000213. The first-order valence-corrected chi connectivity index (χ1v) is 9.57. The zero-order valence-electron chi connectivity index (χ0n) is 16.0. The van der Waals surface area contributed by atoms with Crippen molar-refractivity contribution >= 4 is 17.6 Å². The van der Waals surface area contributed by atoms with Crippen LogP contribution in [0.25, 0.3) is 0 Å². The summed E-state index contributed by atoms with van der Waals surface area (Å²) in [4.78, 5) is 29.6. The van der Waals surface area contributed by atoms with Crippen LogP contribution in [0, 0.1) is 0 Å². The fourth-order valence-corrected chi connectivity index (χ4v) is 4.03. The minimum atomic E-state index is -4.35. The number of urea groups is 1. The van der Waals surface area contributed by atoms with E-state index >= 15 is 0 Å². The second kappa shape index (κ2) is 7.40. The highest BCUT2D eigenvalue weighted by Gasteiger charge is 2.41. The van der Waals surface area contributed by atoms with Gasteiger partial charge in [0.05, 0.1) is 23.8 Å². The summed E-state index contributed by atoms with van der Waals surface area (Å²) in [7, 11) is 1.81. The molecule has 3 fully saturated rings. The Morgan fingerprint density at radius 2 is 1.86 bits per heavy atom. The first-order valence-electron chi connectivity index (χ1n) is 9.57. The van der Waals surface area contributed by atoms with Crippen molar-refractivity contribution in [3.8, 4) is 0 Å². The molecule has 1 N–H and O–H groups in total. The van der Waals surface area contributed by atoms with Gasteiger partial charge < -0.3 is 24.8 Å². The van der Waals surface area contributed by atoms with E-state index in [-0.39, 0.29) is 36.7 Å². The number of carbonyl (C=O) groups excluding carboxylic acids is 2. The summed E-state index contributed by atoms with van der Waals surface area (Å²) in [6.07, 6.45) is -3.72. The first kappa shape index (κ1) is 19.8. The predicted molar refractivity (Wildman–Crippen MR) is 98.5 cm³/mol. The number of alkyl halides is 3. The van der Waals surface area contributed by atoms with Gasteiger partial charge in [0.2, 0.25) is 5.91 Å². The van der Waals surface area contributed by atoms with E-state index in [0.717, 1.165) is 12.1 Å². The molecule has 0 bridgehead atoms. The van der Waals surface area contributed by atoms with E-state index in [9.17, 15) is 22.8 Å². The summed E-state index contributed by atoms with van der Waals surface area (Å²) >= 11 is 0. The average Bonchev–Trinajstić information content (AvgIpc) is 2.65. The third-order valence-electron chi connectivity index (χ3n) is 5.88. The third-order valence-corrected chi connectivity index (χ3v) is 5.88. The summed E-state index contributed by atoms with van der Waals surface area (Å²) < 4.78 is 43.6. The molecule has 10 heteroatoms. The number of ether oxygens (including phenoxy) is 1. The fourth-order valence-electron chi connectivity index (χ4n) is 4.03. The third kappa shape index (κ3) is 3.98. The Morgan fingerprint density at radius 1 is 1.17 bits per heavy atom. The molecule has 0 aliphatic carbocycles. The standard InChI is InChI=1S/C19H23F3N4O3/c1-24(13-4-2-12(3-5-13)19(20,21)22)14-8-26(9-14)18(28)25-7-6-16-15(10-25)23-17(27)11-29-16/h2-5,14-16H,6-11H2,1H3,(H,23,27)/t15-,16+/m1/s1. The van der Waals surface area contributed by atoms with E-state index in [1.807, 2.05) is 11.9 Å². The van der Waals surface area contributed by atoms with Gasteiger partial charge in [0.1, 0.15) is 6.61 Å². The number of anilines is 1. The number of likely N-dealkylation sites (N-methyl/N-ethyl adjacent to an activating group) is 1. The molecule has 3 aliphatic heterocycles. The monoisotopic (exact) mass is 412 g/mol. The second-order valence-electron chi connectivity index (χ2n) is 7.76. The van der Waals surface area contributed by atoms with Crippen LogP contribution in [-0.2, 0) is 15.7 Å². The molecular weight excluding hydrogens is 389 g/mol. The predicted octanol–water partition coefficient (Wildman–Crippen LogP) is 1.54. The van der Waals surface area contributed by atoms with E-state index in [2.05, 4.69) is 5.32 Å². The van der Waals surface area contributed by atoms with Crippen LogP contribution in [0.3, 0.4) is 0 Å². The number of morpholine rings is 1. The lowest BCUT2D eigenvalue weighted by molar-refractivity contribution is -0.140. The molecule has 7 nitrogen and oxygen atoms in total. The SMILES string of the molecule is CN(c1ccc(C(F)(F)F)cc1)C1CN(C(=O)N2CC[C@@H]3OCC(=O)N[C@@H]3C2)C1. The molecule has 0 saturated carbocycles. The second-order valence-corrected chi connectivity index (χ2v) is 7.76. The smallest absolute Gasteiger partial charge is 0.368 e. The molecule has 0 aromatic heterocycles. The number of benzene rings is 1. The lowest BCUT2D eigenvalue weighted by atomic mass is 10.0. The van der Waals surface area contributed by atoms with Crippen LogP contribution in [0.1, 0.15) is 12.0 Å². The van der Waals surface area contributed by atoms with Crippen molar-refractivity contribution in [1.82, 2.24) is 15.1 Å². The Bertz CT molecular complexity index is 780. The van der Waals surface area contributed by atoms with E-state index in [1.165, 1.54) is 12.1 Å². The molecule has 3 heterocycles. The van der Waals surface area contributed by atoms with Crippen molar-refractivity contribution in [1.29, 1.82) is 0 Å². The van der Waals surface area contributed by atoms with Gasteiger partial charge in [0.15, 0.2) is 0 Å². The number of hydrogen-bond acceptors (Lipinski definition) is 4. The van der Waals surface area contributed by atoms with Gasteiger partial charge >= 0.3 is 12.2 Å². The Balaban J connectivity index is 1.30. The maximum Gasteiger partial charge on any atom is 0.416 e. The number of likely N-dealkylation sites (tertiary alicyclic amines) is 2. The van der Waals surface area contributed by atoms with Gasteiger partial charge in [-0.05, 0) is 30.7 Å². The maximum atomic E-state index is 12.8. The van der Waals surface area contributed by atoms with Crippen LogP contribution in [0.15, 0.2) is 24.3 Å². The van der Waals surface area contributed by atoms with Crippen LogP contribution < -0.4 is 10.2 Å². The molecule has 29 heavy (non-hydrogen) atoms. The number of piperidine rings is 1. The Morgan fingerprint density at radius 3 is 2.52 bits per heavy atom. The number of halogens is 3. The van der Waals surface area contributed by atoms with E-state index < -0.39 is 11.7 Å². The fraction of sp³-hybridized carbons (Fsp3) is 0.579. The lowest BCUT2D eigenvalue weighted by Gasteiger charge is -2.48. The van der Waals surface area contributed by atoms with Crippen LogP contribution in [0.2, 0.25) is 0 Å². The molecule has 3 amide bonds. The number of rotatable bonds is 2. The number of hydrogen-bond donors (Lipinski definition) is 1. The normalized spacial score (nSPS) is 25.2. The number of nitrogens with zero attached hydrogens (tertiary/aromatic N) is 3. The van der Waals surface area contributed by atoms with Gasteiger partial charge in [-0.25, -0.2) is 4.79 Å². The zero-order valence-corrected chi connectivity index (χ0v) is 16.0. The topological polar surface area (TPSA) is 65.1 Å². The summed E-state index contributed by atoms with van der Waals surface area (Å²) in [6.45, 7) is 2.07. The van der Waals surface area contributed by atoms with Crippen molar-refractivity contribution in [2.24, 2.45) is 0 Å². The van der Waals surface area contributed by atoms with Crippen LogP contribution >= 0.6 is 0 Å². The number of fused-ring (bicyclic) bond motifs is 1. The lowest BCUT2D eigenvalue weighted by Crippen LogP contribution is -2.66. The first-order chi connectivity index (χ1) is 13.7. The van der Waals surface area contributed by atoms with Gasteiger partial charge in [-0.2, -0.15) is 13.2 Å². The summed E-state index contributed by atoms with van der Waals surface area (Å²) in [6, 6.07) is 4.82. The number of carbonyl (C=O) groups is 2. The average molecular weight is 412 g/mol. The highest BCUT2D eigenvalue weighted by molar-refractivity contribution is 5.79. The van der Waals surface area contributed by atoms with Crippen molar-refractivity contribution in [2.45, 2.75) is 30.8 Å². The molecule has 0 spiro atoms. The highest BCUT2D eigenvalue weighted by atomic mass is 19.4. The van der Waals surface area contributed by atoms with E-state index in [1.54, 1.807) is 9.80 Å². The Kier molecular flexibility index (Phi) is 5.05. The molecule has 0 radical (unpaired) electrons. The molecule has 4 rings (SSSR count). The van der Waals surface area contributed by atoms with Gasteiger partial charge in [-0.1, -0.05) is 0 Å². The summed E-state index contributed by atoms with van der Waals surface area (Å²) in [5, 5.41) is 2.88. The van der Waals surface area contributed by atoms with E-state index in [4.69, 9.17) is 4.74 Å². The maximum absolute atomic E-state index is 12.8. The molecular formula is C19H23F3N4O3. The number of nitrogens with one attached hydrogen (secondary N) is 1. The quantitative estimate of drug-likeness (QED) is 0.801. The van der Waals surface area contributed by atoms with Gasteiger partial charge in [-0.15, -0.1) is 0 Å². The van der Waals surface area contributed by atoms with Crippen molar-refractivity contribution in [2.75, 3.05) is 44.7 Å². The Labute approximate surface area is 166 Å². The van der Waals surface area contributed by atoms with Gasteiger partial charge in [0.25, 0.3) is 0 Å². The highest BCUT2D eigenvalue weighted by Crippen LogP contribution is 2.31. The van der Waals surface area contributed by atoms with Gasteiger partial charge in [0, 0.05) is 38.9 Å². The zero-order chi connectivity index (χ0) is 20.8. The molecule has 1 aromatic rings. The minimum absolute atomic E-state index is 0.0472. The van der Waals surface area contributed by atoms with Crippen LogP contribution in [0.4, 0.5) is 23.7 Å². The van der Waals surface area contributed by atoms with Gasteiger partial charge in [-0.3, -0.25) is 4.79 Å². The molecule has 2 atom stereocenters.